The predicted molar refractivity (Wildman–Crippen MR) is 181 cm³/mol. The van der Waals surface area contributed by atoms with Crippen LogP contribution >= 0.6 is 0 Å². The number of carbonyl (C=O) groups is 1. The van der Waals surface area contributed by atoms with Crippen LogP contribution in [0.4, 0.5) is 5.69 Å². The van der Waals surface area contributed by atoms with Crippen molar-refractivity contribution >= 4 is 23.8 Å². The van der Waals surface area contributed by atoms with Crippen molar-refractivity contribution in [2.24, 2.45) is 11.3 Å². The summed E-state index contributed by atoms with van der Waals surface area (Å²) < 4.78 is 5.83. The van der Waals surface area contributed by atoms with Gasteiger partial charge in [0.15, 0.2) is 0 Å². The molecule has 0 saturated carbocycles. The van der Waals surface area contributed by atoms with Crippen molar-refractivity contribution in [1.82, 2.24) is 4.98 Å². The van der Waals surface area contributed by atoms with E-state index in [1.807, 2.05) is 32.0 Å². The number of hydrogen-bond acceptors (Lipinski definition) is 4. The molecule has 0 unspecified atom stereocenters. The lowest BCUT2D eigenvalue weighted by atomic mass is 9.79. The van der Waals surface area contributed by atoms with Gasteiger partial charge in [-0.3, -0.25) is 9.78 Å². The zero-order chi connectivity index (χ0) is 30.9. The zero-order valence-corrected chi connectivity index (χ0v) is 26.8. The van der Waals surface area contributed by atoms with Crippen LogP contribution in [0.25, 0.3) is 12.2 Å². The minimum absolute atomic E-state index is 0.606. The number of aryl methyl sites for hydroxylation is 2. The second-order valence-electron chi connectivity index (χ2n) is 12.1. The summed E-state index contributed by atoms with van der Waals surface area (Å²) in [5.74, 6) is 0.937. The highest BCUT2D eigenvalue weighted by atomic mass is 16.5. The lowest BCUT2D eigenvalue weighted by molar-refractivity contribution is -0.149. The number of ether oxygens (including phenoxy) is 1. The normalized spacial score (nSPS) is 11.7. The Bertz CT molecular complexity index is 1260. The molecule has 43 heavy (non-hydrogen) atoms. The molecule has 0 fully saturated rings. The van der Waals surface area contributed by atoms with Gasteiger partial charge in [-0.05, 0) is 111 Å². The van der Waals surface area contributed by atoms with Gasteiger partial charge in [-0.1, -0.05) is 76.9 Å². The molecule has 0 spiro atoms. The van der Waals surface area contributed by atoms with Crippen LogP contribution in [0.3, 0.4) is 0 Å². The minimum Gasteiger partial charge on any atom is -0.494 e. The van der Waals surface area contributed by atoms with Crippen LogP contribution < -0.4 is 10.1 Å². The maximum Gasteiger partial charge on any atom is 0.309 e. The third kappa shape index (κ3) is 11.9. The molecule has 232 valence electrons. The van der Waals surface area contributed by atoms with Gasteiger partial charge in [0.25, 0.3) is 0 Å². The van der Waals surface area contributed by atoms with E-state index in [0.29, 0.717) is 31.7 Å². The Morgan fingerprint density at radius 2 is 1.65 bits per heavy atom. The Labute approximate surface area is 259 Å². The van der Waals surface area contributed by atoms with Gasteiger partial charge in [0.2, 0.25) is 0 Å². The Balaban J connectivity index is 1.38. The van der Waals surface area contributed by atoms with Crippen LogP contribution in [0.15, 0.2) is 66.7 Å². The van der Waals surface area contributed by atoms with E-state index < -0.39 is 11.4 Å². The van der Waals surface area contributed by atoms with Gasteiger partial charge in [-0.25, -0.2) is 0 Å². The first-order chi connectivity index (χ1) is 20.8. The number of carboxylic acids is 1. The van der Waals surface area contributed by atoms with Crippen LogP contribution in [0.2, 0.25) is 0 Å². The molecule has 0 aliphatic rings. The highest BCUT2D eigenvalue weighted by Crippen LogP contribution is 2.31. The van der Waals surface area contributed by atoms with E-state index in [2.05, 4.69) is 79.8 Å². The van der Waals surface area contributed by atoms with Crippen molar-refractivity contribution < 1.29 is 14.6 Å². The molecule has 1 heterocycles. The topological polar surface area (TPSA) is 71.5 Å². The average molecular weight is 585 g/mol. The van der Waals surface area contributed by atoms with E-state index in [9.17, 15) is 9.90 Å². The number of anilines is 1. The standard InChI is InChI=1S/C38H52N2O3/c1-5-38(6-2,37(41)42)26-27-39-35-18-11-14-32(29-35)19-22-34-17-12-16-33(40-34)15-10-8-7-9-13-31-20-23-36(24-21-31)43-28-25-30(3)4/h11-12,14,16-24,29-30,39H,5-10,13,15,25-28H2,1-4H3,(H,41,42). The number of benzene rings is 2. The number of aliphatic carboxylic acids is 1. The van der Waals surface area contributed by atoms with Crippen LogP contribution in [0.1, 0.15) is 102 Å². The first-order valence-corrected chi connectivity index (χ1v) is 16.3. The molecule has 0 aliphatic carbocycles. The van der Waals surface area contributed by atoms with E-state index in [-0.39, 0.29) is 0 Å². The van der Waals surface area contributed by atoms with Crippen LogP contribution in [-0.2, 0) is 17.6 Å². The van der Waals surface area contributed by atoms with Crippen LogP contribution in [0.5, 0.6) is 5.75 Å². The van der Waals surface area contributed by atoms with Crippen LogP contribution in [-0.4, -0.2) is 29.2 Å². The summed E-state index contributed by atoms with van der Waals surface area (Å²) in [5.41, 5.74) is 4.91. The summed E-state index contributed by atoms with van der Waals surface area (Å²) in [6, 6.07) is 23.1. The number of nitrogens with zero attached hydrogens (tertiary/aromatic N) is 1. The first kappa shape index (κ1) is 33.9. The van der Waals surface area contributed by atoms with Crippen molar-refractivity contribution in [2.45, 2.75) is 91.9 Å². The Morgan fingerprint density at radius 3 is 2.35 bits per heavy atom. The van der Waals surface area contributed by atoms with E-state index in [4.69, 9.17) is 9.72 Å². The molecule has 3 aromatic rings. The molecular weight excluding hydrogens is 532 g/mol. The lowest BCUT2D eigenvalue weighted by Crippen LogP contribution is -2.31. The molecule has 0 amide bonds. The number of hydrogen-bond donors (Lipinski definition) is 2. The summed E-state index contributed by atoms with van der Waals surface area (Å²) in [7, 11) is 0. The highest BCUT2D eigenvalue weighted by molar-refractivity contribution is 5.74. The van der Waals surface area contributed by atoms with Gasteiger partial charge >= 0.3 is 5.97 Å². The molecule has 0 saturated heterocycles. The molecule has 5 nitrogen and oxygen atoms in total. The van der Waals surface area contributed by atoms with Gasteiger partial charge < -0.3 is 15.2 Å². The summed E-state index contributed by atoms with van der Waals surface area (Å²) in [6.45, 7) is 9.77. The molecule has 0 bridgehead atoms. The number of unbranched alkanes of at least 4 members (excludes halogenated alkanes) is 3. The van der Waals surface area contributed by atoms with Crippen molar-refractivity contribution in [3.05, 3.63) is 89.2 Å². The fraction of sp³-hybridized carbons (Fsp3) is 0.474. The van der Waals surface area contributed by atoms with Crippen molar-refractivity contribution in [3.8, 4) is 5.75 Å². The average Bonchev–Trinajstić information content (AvgIpc) is 3.01. The minimum atomic E-state index is -0.703. The molecular formula is C38H52N2O3. The number of aromatic nitrogens is 1. The van der Waals surface area contributed by atoms with Gasteiger partial charge in [0.05, 0.1) is 17.7 Å². The maximum atomic E-state index is 11.8. The number of carboxylic acid groups (broad SMARTS) is 1. The van der Waals surface area contributed by atoms with E-state index in [1.165, 1.54) is 24.8 Å². The molecule has 0 aliphatic heterocycles. The number of rotatable bonds is 20. The summed E-state index contributed by atoms with van der Waals surface area (Å²) >= 11 is 0. The largest absolute Gasteiger partial charge is 0.494 e. The Hall–Kier alpha value is -3.60. The fourth-order valence-electron chi connectivity index (χ4n) is 5.28. The number of nitrogens with one attached hydrogen (secondary N) is 1. The quantitative estimate of drug-likeness (QED) is 0.129. The smallest absolute Gasteiger partial charge is 0.309 e. The molecule has 3 rings (SSSR count). The summed E-state index contributed by atoms with van der Waals surface area (Å²) in [4.78, 5) is 16.6. The first-order valence-electron chi connectivity index (χ1n) is 16.3. The van der Waals surface area contributed by atoms with Crippen LogP contribution in [0, 0.1) is 11.3 Å². The highest BCUT2D eigenvalue weighted by Gasteiger charge is 2.34. The maximum absolute atomic E-state index is 11.8. The fourth-order valence-corrected chi connectivity index (χ4v) is 5.28. The second-order valence-corrected chi connectivity index (χ2v) is 12.1. The number of pyridine rings is 1. The molecule has 0 radical (unpaired) electrons. The summed E-state index contributed by atoms with van der Waals surface area (Å²) in [5, 5.41) is 13.1. The van der Waals surface area contributed by atoms with Gasteiger partial charge in [0, 0.05) is 17.9 Å². The van der Waals surface area contributed by atoms with E-state index >= 15 is 0 Å². The molecule has 5 heteroatoms. The Kier molecular flexibility index (Phi) is 14.3. The molecule has 1 aromatic heterocycles. The second kappa shape index (κ2) is 18.1. The third-order valence-electron chi connectivity index (χ3n) is 8.44. The van der Waals surface area contributed by atoms with Gasteiger partial charge in [-0.2, -0.15) is 0 Å². The Morgan fingerprint density at radius 1 is 0.930 bits per heavy atom. The van der Waals surface area contributed by atoms with Crippen molar-refractivity contribution in [1.29, 1.82) is 0 Å². The monoisotopic (exact) mass is 584 g/mol. The lowest BCUT2D eigenvalue weighted by Gasteiger charge is -2.26. The molecule has 0 atom stereocenters. The van der Waals surface area contributed by atoms with Gasteiger partial charge in [-0.15, -0.1) is 0 Å². The summed E-state index contributed by atoms with van der Waals surface area (Å²) in [6.07, 6.45) is 14.0. The van der Waals surface area contributed by atoms with Gasteiger partial charge in [0.1, 0.15) is 5.75 Å². The predicted octanol–water partition coefficient (Wildman–Crippen LogP) is 9.72. The van der Waals surface area contributed by atoms with E-state index in [0.717, 1.165) is 60.7 Å². The van der Waals surface area contributed by atoms with E-state index in [1.54, 1.807) is 0 Å². The third-order valence-corrected chi connectivity index (χ3v) is 8.44. The molecule has 2 N–H and O–H groups in total. The zero-order valence-electron chi connectivity index (χ0n) is 26.8. The molecule has 2 aromatic carbocycles. The van der Waals surface area contributed by atoms with Crippen molar-refractivity contribution in [2.75, 3.05) is 18.5 Å². The van der Waals surface area contributed by atoms with Crippen molar-refractivity contribution in [3.63, 3.8) is 0 Å². The SMILES string of the molecule is CCC(CC)(CCNc1cccc(C=Cc2cccc(CCCCCCc3ccc(OCCC(C)C)cc3)n2)c1)C(=O)O.